The quantitative estimate of drug-likeness (QED) is 0.742. The third-order valence-electron chi connectivity index (χ3n) is 3.24. The number of hydrogen-bond acceptors (Lipinski definition) is 4. The lowest BCUT2D eigenvalue weighted by atomic mass is 9.96. The van der Waals surface area contributed by atoms with E-state index >= 15 is 0 Å². The van der Waals surface area contributed by atoms with Crippen LogP contribution in [-0.4, -0.2) is 41.8 Å². The zero-order valence-electron chi connectivity index (χ0n) is 10.9. The molecule has 1 heterocycles. The van der Waals surface area contributed by atoms with Gasteiger partial charge in [0.2, 0.25) is 0 Å². The number of carboxylic acids is 2. The van der Waals surface area contributed by atoms with Gasteiger partial charge in [-0.25, -0.2) is 0 Å². The first kappa shape index (κ1) is 14.1. The molecule has 1 aromatic carbocycles. The summed E-state index contributed by atoms with van der Waals surface area (Å²) in [5.41, 5.74) is 1.77. The van der Waals surface area contributed by atoms with Crippen LogP contribution in [0, 0.1) is 0 Å². The van der Waals surface area contributed by atoms with Crippen molar-refractivity contribution in [1.82, 2.24) is 5.32 Å². The molecule has 3 N–H and O–H groups in total. The number of benzene rings is 1. The minimum Gasteiger partial charge on any atom is -0.496 e. The smallest absolute Gasteiger partial charge is 0.325 e. The second-order valence-corrected chi connectivity index (χ2v) is 4.43. The normalized spacial score (nSPS) is 18.1. The van der Waals surface area contributed by atoms with Crippen LogP contribution >= 0.6 is 0 Å². The van der Waals surface area contributed by atoms with E-state index in [0.717, 1.165) is 5.56 Å². The summed E-state index contributed by atoms with van der Waals surface area (Å²) < 4.78 is 5.25. The molecule has 0 unspecified atom stereocenters. The van der Waals surface area contributed by atoms with E-state index in [0.29, 0.717) is 23.4 Å². The zero-order chi connectivity index (χ0) is 14.7. The summed E-state index contributed by atoms with van der Waals surface area (Å²) in [6.45, 7) is 0.306. The van der Waals surface area contributed by atoms with E-state index in [9.17, 15) is 9.59 Å². The predicted molar refractivity (Wildman–Crippen MR) is 71.6 cm³/mol. The van der Waals surface area contributed by atoms with Gasteiger partial charge in [-0.1, -0.05) is 18.2 Å². The van der Waals surface area contributed by atoms with Gasteiger partial charge >= 0.3 is 11.9 Å². The summed E-state index contributed by atoms with van der Waals surface area (Å²) in [7, 11) is 1.52. The molecule has 0 saturated heterocycles. The Bertz CT molecular complexity index is 579. The summed E-state index contributed by atoms with van der Waals surface area (Å²) in [4.78, 5) is 22.2. The van der Waals surface area contributed by atoms with Crippen molar-refractivity contribution in [2.24, 2.45) is 0 Å². The molecule has 6 nitrogen and oxygen atoms in total. The lowest BCUT2D eigenvalue weighted by molar-refractivity contribution is -0.138. The van der Waals surface area contributed by atoms with E-state index in [1.54, 1.807) is 24.3 Å². The molecular weight excluding hydrogens is 262 g/mol. The number of aliphatic carboxylic acids is 2. The van der Waals surface area contributed by atoms with Gasteiger partial charge in [-0.2, -0.15) is 0 Å². The SMILES string of the molecule is COc1ccccc1C1=C(CC(=O)O)[C@@H](C(=O)O)NC1. The fourth-order valence-electron chi connectivity index (χ4n) is 2.39. The molecule has 0 fully saturated rings. The zero-order valence-corrected chi connectivity index (χ0v) is 10.9. The predicted octanol–water partition coefficient (Wildman–Crippen LogP) is 0.980. The van der Waals surface area contributed by atoms with Crippen molar-refractivity contribution in [2.45, 2.75) is 12.5 Å². The van der Waals surface area contributed by atoms with E-state index in [4.69, 9.17) is 14.9 Å². The van der Waals surface area contributed by atoms with Crippen molar-refractivity contribution < 1.29 is 24.5 Å². The Labute approximate surface area is 115 Å². The molecule has 0 aromatic heterocycles. The largest absolute Gasteiger partial charge is 0.496 e. The van der Waals surface area contributed by atoms with Crippen molar-refractivity contribution in [3.63, 3.8) is 0 Å². The lowest BCUT2D eigenvalue weighted by Crippen LogP contribution is -2.34. The van der Waals surface area contributed by atoms with Crippen LogP contribution in [0.15, 0.2) is 29.8 Å². The lowest BCUT2D eigenvalue weighted by Gasteiger charge is -2.12. The molecule has 6 heteroatoms. The van der Waals surface area contributed by atoms with Crippen LogP contribution in [0.3, 0.4) is 0 Å². The Balaban J connectivity index is 2.52. The molecule has 20 heavy (non-hydrogen) atoms. The molecule has 1 atom stereocenters. The van der Waals surface area contributed by atoms with Crippen molar-refractivity contribution in [2.75, 3.05) is 13.7 Å². The summed E-state index contributed by atoms with van der Waals surface area (Å²) in [5, 5.41) is 21.0. The Morgan fingerprint density at radius 3 is 2.65 bits per heavy atom. The van der Waals surface area contributed by atoms with Crippen molar-refractivity contribution in [3.8, 4) is 5.75 Å². The number of nitrogens with one attached hydrogen (secondary N) is 1. The van der Waals surface area contributed by atoms with E-state index in [-0.39, 0.29) is 6.42 Å². The van der Waals surface area contributed by atoms with Gasteiger partial charge in [0.1, 0.15) is 11.8 Å². The second kappa shape index (κ2) is 5.75. The first-order valence-electron chi connectivity index (χ1n) is 6.08. The number of methoxy groups -OCH3 is 1. The Kier molecular flexibility index (Phi) is 4.05. The fourth-order valence-corrected chi connectivity index (χ4v) is 2.39. The number of para-hydroxylation sites is 1. The highest BCUT2D eigenvalue weighted by atomic mass is 16.5. The third kappa shape index (κ3) is 2.65. The van der Waals surface area contributed by atoms with Gasteiger partial charge < -0.3 is 14.9 Å². The molecule has 0 amide bonds. The van der Waals surface area contributed by atoms with Gasteiger partial charge in [0.25, 0.3) is 0 Å². The maximum atomic E-state index is 11.2. The second-order valence-electron chi connectivity index (χ2n) is 4.43. The maximum Gasteiger partial charge on any atom is 0.325 e. The fraction of sp³-hybridized carbons (Fsp3) is 0.286. The molecule has 0 spiro atoms. The first-order chi connectivity index (χ1) is 9.54. The summed E-state index contributed by atoms with van der Waals surface area (Å²) in [5.74, 6) is -1.54. The number of hydrogen-bond donors (Lipinski definition) is 3. The highest BCUT2D eigenvalue weighted by Crippen LogP contribution is 2.33. The molecule has 106 valence electrons. The van der Waals surface area contributed by atoms with Gasteiger partial charge in [0, 0.05) is 12.1 Å². The molecule has 2 rings (SSSR count). The summed E-state index contributed by atoms with van der Waals surface area (Å²) in [6, 6.07) is 6.19. The van der Waals surface area contributed by atoms with E-state index in [1.807, 2.05) is 0 Å². The first-order valence-corrected chi connectivity index (χ1v) is 6.08. The molecule has 1 aromatic rings. The molecular formula is C14H15NO5. The van der Waals surface area contributed by atoms with Gasteiger partial charge in [-0.05, 0) is 17.2 Å². The third-order valence-corrected chi connectivity index (χ3v) is 3.24. The van der Waals surface area contributed by atoms with Crippen molar-refractivity contribution >= 4 is 17.5 Å². The molecule has 1 aliphatic rings. The highest BCUT2D eigenvalue weighted by molar-refractivity contribution is 5.90. The van der Waals surface area contributed by atoms with Crippen molar-refractivity contribution in [1.29, 1.82) is 0 Å². The molecule has 0 bridgehead atoms. The number of ether oxygens (including phenoxy) is 1. The average Bonchev–Trinajstić information content (AvgIpc) is 2.81. The molecule has 0 radical (unpaired) electrons. The Morgan fingerprint density at radius 1 is 1.35 bits per heavy atom. The highest BCUT2D eigenvalue weighted by Gasteiger charge is 2.33. The van der Waals surface area contributed by atoms with E-state index in [2.05, 4.69) is 5.32 Å². The topological polar surface area (TPSA) is 95.9 Å². The van der Waals surface area contributed by atoms with Gasteiger partial charge in [-0.3, -0.25) is 14.9 Å². The van der Waals surface area contributed by atoms with E-state index < -0.39 is 18.0 Å². The van der Waals surface area contributed by atoms with Crippen LogP contribution < -0.4 is 10.1 Å². The molecule has 1 aliphatic heterocycles. The molecule has 0 aliphatic carbocycles. The van der Waals surface area contributed by atoms with Gasteiger partial charge in [-0.15, -0.1) is 0 Å². The number of carbonyl (C=O) groups is 2. The minimum atomic E-state index is -1.08. The standard InChI is InChI=1S/C14H15NO5/c1-20-11-5-3-2-4-8(11)10-7-15-13(14(18)19)9(10)6-12(16)17/h2-5,13,15H,6-7H2,1H3,(H,16,17)(H,18,19)/t13-/m0/s1. The summed E-state index contributed by atoms with van der Waals surface area (Å²) in [6.07, 6.45) is -0.308. The Morgan fingerprint density at radius 2 is 2.05 bits per heavy atom. The van der Waals surface area contributed by atoms with Gasteiger partial charge in [0.15, 0.2) is 0 Å². The Hall–Kier alpha value is -2.34. The number of carboxylic acid groups (broad SMARTS) is 2. The van der Waals surface area contributed by atoms with Gasteiger partial charge in [0.05, 0.1) is 13.5 Å². The van der Waals surface area contributed by atoms with Crippen LogP contribution in [0.5, 0.6) is 5.75 Å². The maximum absolute atomic E-state index is 11.2. The van der Waals surface area contributed by atoms with Crippen molar-refractivity contribution in [3.05, 3.63) is 35.4 Å². The van der Waals surface area contributed by atoms with Crippen LogP contribution in [0.2, 0.25) is 0 Å². The van der Waals surface area contributed by atoms with Crippen LogP contribution in [-0.2, 0) is 9.59 Å². The van der Waals surface area contributed by atoms with Crippen LogP contribution in [0.4, 0.5) is 0 Å². The van der Waals surface area contributed by atoms with Crippen LogP contribution in [0.1, 0.15) is 12.0 Å². The monoisotopic (exact) mass is 277 g/mol. The average molecular weight is 277 g/mol. The summed E-state index contributed by atoms with van der Waals surface area (Å²) >= 11 is 0. The minimum absolute atomic E-state index is 0.306. The molecule has 0 saturated carbocycles. The van der Waals surface area contributed by atoms with Crippen LogP contribution in [0.25, 0.3) is 5.57 Å². The van der Waals surface area contributed by atoms with E-state index in [1.165, 1.54) is 7.11 Å². The number of rotatable bonds is 5.